The Morgan fingerprint density at radius 3 is 2.48 bits per heavy atom. The Labute approximate surface area is 138 Å². The number of ether oxygens (including phenoxy) is 1. The summed E-state index contributed by atoms with van der Waals surface area (Å²) in [6, 6.07) is 17.6. The molecule has 0 saturated heterocycles. The normalized spacial score (nSPS) is 12.0. The lowest BCUT2D eigenvalue weighted by Crippen LogP contribution is -2.02. The number of aliphatic hydroxyl groups excluding tert-OH is 1. The molecule has 0 radical (unpaired) electrons. The van der Waals surface area contributed by atoms with Crippen molar-refractivity contribution in [2.24, 2.45) is 0 Å². The van der Waals surface area contributed by atoms with E-state index in [9.17, 15) is 5.11 Å². The first kappa shape index (κ1) is 15.5. The zero-order chi connectivity index (χ0) is 16.1. The number of nitrogens with one attached hydrogen (secondary N) is 1. The van der Waals surface area contributed by atoms with Crippen molar-refractivity contribution < 1.29 is 14.3 Å². The van der Waals surface area contributed by atoms with E-state index >= 15 is 0 Å². The Hall–Kier alpha value is -2.44. The van der Waals surface area contributed by atoms with Gasteiger partial charge < -0.3 is 14.3 Å². The average Bonchev–Trinajstić information content (AvgIpc) is 3.02. The Morgan fingerprint density at radius 1 is 1.09 bits per heavy atom. The molecule has 6 heteroatoms. The van der Waals surface area contributed by atoms with E-state index in [1.165, 1.54) is 0 Å². The van der Waals surface area contributed by atoms with E-state index in [1.54, 1.807) is 0 Å². The molecule has 0 amide bonds. The zero-order valence-corrected chi connectivity index (χ0v) is 13.1. The maximum atomic E-state index is 10.1. The summed E-state index contributed by atoms with van der Waals surface area (Å²) in [5.74, 6) is 0.976. The van der Waals surface area contributed by atoms with Crippen molar-refractivity contribution in [1.29, 1.82) is 0 Å². The van der Waals surface area contributed by atoms with Gasteiger partial charge in [0, 0.05) is 6.42 Å². The first-order valence-corrected chi connectivity index (χ1v) is 7.60. The van der Waals surface area contributed by atoms with E-state index in [2.05, 4.69) is 10.2 Å². The monoisotopic (exact) mass is 328 g/mol. The molecular formula is C17H16N2O3S. The van der Waals surface area contributed by atoms with E-state index in [0.717, 1.165) is 16.9 Å². The van der Waals surface area contributed by atoms with Crippen LogP contribution in [0, 0.1) is 4.84 Å². The second-order valence-electron chi connectivity index (χ2n) is 5.09. The van der Waals surface area contributed by atoms with Gasteiger partial charge in [-0.2, -0.15) is 0 Å². The number of rotatable bonds is 6. The van der Waals surface area contributed by atoms with Crippen LogP contribution in [0.25, 0.3) is 0 Å². The standard InChI is InChI=1S/C17H16N2O3S/c20-15(16-18-19-17(23)22-16)10-12-6-8-14(9-7-12)21-11-13-4-2-1-3-5-13/h1-9,15,20H,10-11H2,(H,19,23). The van der Waals surface area contributed by atoms with E-state index < -0.39 is 6.10 Å². The van der Waals surface area contributed by atoms with Gasteiger partial charge in [-0.15, -0.1) is 5.10 Å². The molecule has 3 aromatic rings. The van der Waals surface area contributed by atoms with Crippen LogP contribution in [-0.2, 0) is 13.0 Å². The maximum Gasteiger partial charge on any atom is 0.284 e. The lowest BCUT2D eigenvalue weighted by molar-refractivity contribution is 0.143. The first-order chi connectivity index (χ1) is 11.2. The van der Waals surface area contributed by atoms with Gasteiger partial charge in [0.25, 0.3) is 4.84 Å². The molecule has 0 bridgehead atoms. The molecule has 1 atom stereocenters. The first-order valence-electron chi connectivity index (χ1n) is 7.20. The summed E-state index contributed by atoms with van der Waals surface area (Å²) in [6.45, 7) is 0.524. The van der Waals surface area contributed by atoms with Crippen molar-refractivity contribution in [3.8, 4) is 5.75 Å². The molecule has 0 aliphatic carbocycles. The van der Waals surface area contributed by atoms with Gasteiger partial charge in [0.2, 0.25) is 5.89 Å². The minimum absolute atomic E-state index is 0.156. The van der Waals surface area contributed by atoms with Crippen LogP contribution in [-0.4, -0.2) is 15.3 Å². The molecular weight excluding hydrogens is 312 g/mol. The van der Waals surface area contributed by atoms with Crippen LogP contribution in [0.2, 0.25) is 0 Å². The van der Waals surface area contributed by atoms with Crippen LogP contribution >= 0.6 is 12.2 Å². The Morgan fingerprint density at radius 2 is 1.83 bits per heavy atom. The number of H-pyrrole nitrogens is 1. The molecule has 0 spiro atoms. The van der Waals surface area contributed by atoms with Crippen LogP contribution in [0.5, 0.6) is 5.75 Å². The van der Waals surface area contributed by atoms with Crippen LogP contribution in [0.3, 0.4) is 0 Å². The fourth-order valence-corrected chi connectivity index (χ4v) is 2.29. The van der Waals surface area contributed by atoms with Gasteiger partial charge in [0.15, 0.2) is 0 Å². The lowest BCUT2D eigenvalue weighted by atomic mass is 10.1. The van der Waals surface area contributed by atoms with Gasteiger partial charge in [0.1, 0.15) is 18.5 Å². The van der Waals surface area contributed by atoms with Gasteiger partial charge in [0.05, 0.1) is 0 Å². The predicted molar refractivity (Wildman–Crippen MR) is 87.6 cm³/mol. The molecule has 0 aliphatic heterocycles. The molecule has 2 aromatic carbocycles. The molecule has 5 nitrogen and oxygen atoms in total. The van der Waals surface area contributed by atoms with Crippen molar-refractivity contribution >= 4 is 12.2 Å². The molecule has 0 aliphatic rings. The fourth-order valence-electron chi connectivity index (χ4n) is 2.16. The van der Waals surface area contributed by atoms with Gasteiger partial charge in [-0.25, -0.2) is 5.10 Å². The zero-order valence-electron chi connectivity index (χ0n) is 12.3. The highest BCUT2D eigenvalue weighted by Gasteiger charge is 2.14. The van der Waals surface area contributed by atoms with Crippen LogP contribution < -0.4 is 4.74 Å². The molecule has 3 rings (SSSR count). The van der Waals surface area contributed by atoms with Gasteiger partial charge in [-0.3, -0.25) is 0 Å². The van der Waals surface area contributed by atoms with Crippen molar-refractivity contribution in [3.05, 3.63) is 76.5 Å². The molecule has 2 N–H and O–H groups in total. The van der Waals surface area contributed by atoms with Crippen LogP contribution in [0.4, 0.5) is 0 Å². The van der Waals surface area contributed by atoms with E-state index in [0.29, 0.717) is 13.0 Å². The highest BCUT2D eigenvalue weighted by Crippen LogP contribution is 2.19. The molecule has 23 heavy (non-hydrogen) atoms. The van der Waals surface area contributed by atoms with E-state index in [-0.39, 0.29) is 10.7 Å². The Kier molecular flexibility index (Phi) is 4.85. The van der Waals surface area contributed by atoms with Gasteiger partial charge in [-0.1, -0.05) is 42.5 Å². The third-order valence-corrected chi connectivity index (χ3v) is 3.52. The quantitative estimate of drug-likeness (QED) is 0.677. The molecule has 0 saturated carbocycles. The van der Waals surface area contributed by atoms with E-state index in [1.807, 2.05) is 54.6 Å². The second-order valence-corrected chi connectivity index (χ2v) is 5.46. The number of aromatic nitrogens is 2. The summed E-state index contributed by atoms with van der Waals surface area (Å²) in [5.41, 5.74) is 2.07. The van der Waals surface area contributed by atoms with Gasteiger partial charge >= 0.3 is 0 Å². The highest BCUT2D eigenvalue weighted by molar-refractivity contribution is 7.71. The number of nitrogens with zero attached hydrogens (tertiary/aromatic N) is 1. The summed E-state index contributed by atoms with van der Waals surface area (Å²) in [4.78, 5) is 0.156. The third-order valence-electron chi connectivity index (χ3n) is 3.34. The SMILES string of the molecule is OC(Cc1ccc(OCc2ccccc2)cc1)c1n[nH]c(=S)o1. The molecule has 1 aromatic heterocycles. The minimum atomic E-state index is -0.834. The van der Waals surface area contributed by atoms with Crippen LogP contribution in [0.1, 0.15) is 23.1 Å². The van der Waals surface area contributed by atoms with Gasteiger partial charge in [-0.05, 0) is 35.5 Å². The van der Waals surface area contributed by atoms with Crippen molar-refractivity contribution in [2.45, 2.75) is 19.1 Å². The summed E-state index contributed by atoms with van der Waals surface area (Å²) in [6.07, 6.45) is -0.443. The number of hydrogen-bond acceptors (Lipinski definition) is 5. The summed E-state index contributed by atoms with van der Waals surface area (Å²) < 4.78 is 10.8. The van der Waals surface area contributed by atoms with Crippen molar-refractivity contribution in [3.63, 3.8) is 0 Å². The maximum absolute atomic E-state index is 10.1. The third kappa shape index (κ3) is 4.28. The smallest absolute Gasteiger partial charge is 0.284 e. The molecule has 118 valence electrons. The predicted octanol–water partition coefficient (Wildman–Crippen LogP) is 3.59. The van der Waals surface area contributed by atoms with Crippen LogP contribution in [0.15, 0.2) is 59.0 Å². The van der Waals surface area contributed by atoms with Crippen molar-refractivity contribution in [2.75, 3.05) is 0 Å². The summed E-state index contributed by atoms with van der Waals surface area (Å²) in [5, 5.41) is 16.4. The largest absolute Gasteiger partial charge is 0.489 e. The lowest BCUT2D eigenvalue weighted by Gasteiger charge is -2.09. The number of benzene rings is 2. The average molecular weight is 328 g/mol. The molecule has 1 unspecified atom stereocenters. The fraction of sp³-hybridized carbons (Fsp3) is 0.176. The number of aromatic amines is 1. The molecule has 0 fully saturated rings. The number of hydrogen-bond donors (Lipinski definition) is 2. The Balaban J connectivity index is 1.57. The Bertz CT molecular complexity index is 796. The summed E-state index contributed by atoms with van der Waals surface area (Å²) >= 11 is 4.79. The second kappa shape index (κ2) is 7.21. The summed E-state index contributed by atoms with van der Waals surface area (Å²) in [7, 11) is 0. The van der Waals surface area contributed by atoms with Crippen molar-refractivity contribution in [1.82, 2.24) is 10.2 Å². The highest BCUT2D eigenvalue weighted by atomic mass is 32.1. The number of aliphatic hydroxyl groups is 1. The van der Waals surface area contributed by atoms with E-state index in [4.69, 9.17) is 21.4 Å². The minimum Gasteiger partial charge on any atom is -0.489 e. The molecule has 1 heterocycles. The topological polar surface area (TPSA) is 71.3 Å².